The number of carboxylic acid groups (broad SMARTS) is 1. The Bertz CT molecular complexity index is 981. The molecule has 1 unspecified atom stereocenters. The van der Waals surface area contributed by atoms with Crippen molar-refractivity contribution in [3.8, 4) is 0 Å². The number of halogens is 6. The monoisotopic (exact) mass is 500 g/mol. The Morgan fingerprint density at radius 2 is 1.94 bits per heavy atom. The number of hydrogen-bond acceptors (Lipinski definition) is 6. The molecule has 0 amide bonds. The molecule has 0 aromatic heterocycles. The number of nitrogens with one attached hydrogen (secondary N) is 1. The van der Waals surface area contributed by atoms with Crippen molar-refractivity contribution in [1.29, 1.82) is 0 Å². The van der Waals surface area contributed by atoms with Crippen LogP contribution in [0.15, 0.2) is 34.7 Å². The number of ether oxygens (including phenoxy) is 1. The first-order chi connectivity index (χ1) is 15.0. The van der Waals surface area contributed by atoms with Gasteiger partial charge in [0.1, 0.15) is 12.5 Å². The van der Waals surface area contributed by atoms with Crippen LogP contribution >= 0.6 is 23.4 Å². The van der Waals surface area contributed by atoms with Crippen LogP contribution in [0.4, 0.5) is 22.0 Å². The molecule has 1 aliphatic rings. The van der Waals surface area contributed by atoms with Gasteiger partial charge in [-0.25, -0.2) is 18.4 Å². The van der Waals surface area contributed by atoms with Gasteiger partial charge in [-0.2, -0.15) is 24.9 Å². The third-order valence-corrected chi connectivity index (χ3v) is 5.85. The number of carbonyl (C=O) groups excluding carboxylic acids is 1. The average molecular weight is 501 g/mol. The van der Waals surface area contributed by atoms with E-state index in [9.17, 15) is 36.6 Å². The fourth-order valence-electron chi connectivity index (χ4n) is 3.32. The van der Waals surface area contributed by atoms with Crippen molar-refractivity contribution in [3.05, 3.63) is 56.6 Å². The highest BCUT2D eigenvalue weighted by Crippen LogP contribution is 2.47. The number of alkyl halides is 4. The Balaban J connectivity index is 2.96. The van der Waals surface area contributed by atoms with Crippen LogP contribution in [0.25, 0.3) is 0 Å². The van der Waals surface area contributed by atoms with E-state index < -0.39 is 69.5 Å². The van der Waals surface area contributed by atoms with Crippen LogP contribution in [0.1, 0.15) is 17.0 Å². The summed E-state index contributed by atoms with van der Waals surface area (Å²) in [7, 11) is 0.873. The van der Waals surface area contributed by atoms with Crippen molar-refractivity contribution < 1.29 is 41.4 Å². The van der Waals surface area contributed by atoms with E-state index >= 15 is 0 Å². The summed E-state index contributed by atoms with van der Waals surface area (Å²) in [6, 6.07) is 1.27. The number of carboxylic acids is 1. The highest BCUT2D eigenvalue weighted by Gasteiger charge is 2.46. The standard InChI is InChI=1S/C19H18ClF5N2O4S/c1-31-18(30)14-10(6-21)27-11(7-32-5-4-26)13(17(28)29)15(14)12-9(22)3-2-8(20)16(12)19(23,24)25/h2-3,15,27H,4-7,26H2,1H3,(H,28,29). The van der Waals surface area contributed by atoms with Gasteiger partial charge in [0, 0.05) is 29.3 Å². The first kappa shape index (κ1) is 25.9. The molecule has 1 aliphatic heterocycles. The van der Waals surface area contributed by atoms with E-state index in [4.69, 9.17) is 17.3 Å². The Morgan fingerprint density at radius 3 is 2.44 bits per heavy atom. The molecular formula is C19H18ClF5N2O4S. The number of carbonyl (C=O) groups is 2. The van der Waals surface area contributed by atoms with E-state index in [1.54, 1.807) is 0 Å². The van der Waals surface area contributed by atoms with Gasteiger partial charge in [-0.3, -0.25) is 0 Å². The second-order valence-electron chi connectivity index (χ2n) is 6.43. The minimum atomic E-state index is -5.21. The number of nitrogens with two attached hydrogens (primary N) is 1. The second-order valence-corrected chi connectivity index (χ2v) is 7.94. The maximum Gasteiger partial charge on any atom is 0.418 e. The van der Waals surface area contributed by atoms with Crippen LogP contribution in [-0.4, -0.2) is 48.9 Å². The quantitative estimate of drug-likeness (QED) is 0.285. The highest BCUT2D eigenvalue weighted by molar-refractivity contribution is 7.99. The predicted molar refractivity (Wildman–Crippen MR) is 108 cm³/mol. The average Bonchev–Trinajstić information content (AvgIpc) is 2.72. The summed E-state index contributed by atoms with van der Waals surface area (Å²) in [5.41, 5.74) is 0.218. The highest BCUT2D eigenvalue weighted by atomic mass is 35.5. The summed E-state index contributed by atoms with van der Waals surface area (Å²) >= 11 is 6.82. The molecule has 176 valence electrons. The first-order valence-corrected chi connectivity index (χ1v) is 10.5. The number of dihydropyridines is 1. The maximum absolute atomic E-state index is 14.9. The van der Waals surface area contributed by atoms with Crippen LogP contribution < -0.4 is 11.1 Å². The molecule has 6 nitrogen and oxygen atoms in total. The van der Waals surface area contributed by atoms with E-state index in [0.717, 1.165) is 18.9 Å². The second kappa shape index (κ2) is 10.5. The van der Waals surface area contributed by atoms with Gasteiger partial charge >= 0.3 is 18.1 Å². The summed E-state index contributed by atoms with van der Waals surface area (Å²) in [6.07, 6.45) is -5.21. The lowest BCUT2D eigenvalue weighted by molar-refractivity contribution is -0.140. The smallest absolute Gasteiger partial charge is 0.418 e. The fraction of sp³-hybridized carbons (Fsp3) is 0.368. The molecule has 1 heterocycles. The third-order valence-electron chi connectivity index (χ3n) is 4.52. The third kappa shape index (κ3) is 5.18. The lowest BCUT2D eigenvalue weighted by Crippen LogP contribution is -2.36. The van der Waals surface area contributed by atoms with E-state index in [1.807, 2.05) is 0 Å². The number of benzene rings is 1. The molecule has 0 aliphatic carbocycles. The number of hydrogen-bond donors (Lipinski definition) is 3. The zero-order valence-corrected chi connectivity index (χ0v) is 18.1. The Labute approximate surface area is 188 Å². The van der Waals surface area contributed by atoms with Crippen molar-refractivity contribution in [2.45, 2.75) is 12.1 Å². The minimum Gasteiger partial charge on any atom is -0.478 e. The summed E-state index contributed by atoms with van der Waals surface area (Å²) in [6.45, 7) is -1.17. The largest absolute Gasteiger partial charge is 0.478 e. The fourth-order valence-corrected chi connectivity index (χ4v) is 4.33. The number of rotatable bonds is 8. The molecule has 2 rings (SSSR count). The van der Waals surface area contributed by atoms with Gasteiger partial charge in [-0.15, -0.1) is 0 Å². The molecule has 0 bridgehead atoms. The van der Waals surface area contributed by atoms with Crippen LogP contribution in [0.2, 0.25) is 5.02 Å². The van der Waals surface area contributed by atoms with Crippen LogP contribution in [-0.2, 0) is 20.5 Å². The Kier molecular flexibility index (Phi) is 8.54. The van der Waals surface area contributed by atoms with Gasteiger partial charge in [-0.05, 0) is 12.1 Å². The van der Waals surface area contributed by atoms with Crippen molar-refractivity contribution in [2.24, 2.45) is 5.73 Å². The molecule has 32 heavy (non-hydrogen) atoms. The van der Waals surface area contributed by atoms with Gasteiger partial charge < -0.3 is 20.9 Å². The Hall–Kier alpha value is -2.31. The molecule has 4 N–H and O–H groups in total. The van der Waals surface area contributed by atoms with Crippen LogP contribution in [0.3, 0.4) is 0 Å². The molecule has 0 spiro atoms. The molecule has 0 saturated heterocycles. The molecular weight excluding hydrogens is 483 g/mol. The normalized spacial score (nSPS) is 16.8. The van der Waals surface area contributed by atoms with Gasteiger partial charge in [0.2, 0.25) is 0 Å². The van der Waals surface area contributed by atoms with Crippen LogP contribution in [0, 0.1) is 5.82 Å². The number of thioether (sulfide) groups is 1. The van der Waals surface area contributed by atoms with Crippen molar-refractivity contribution >= 4 is 35.3 Å². The molecule has 0 saturated carbocycles. The summed E-state index contributed by atoms with van der Waals surface area (Å²) < 4.78 is 74.9. The van der Waals surface area contributed by atoms with Crippen molar-refractivity contribution in [1.82, 2.24) is 5.32 Å². The van der Waals surface area contributed by atoms with E-state index in [0.29, 0.717) is 17.9 Å². The number of esters is 1. The topological polar surface area (TPSA) is 102 Å². The van der Waals surface area contributed by atoms with Crippen molar-refractivity contribution in [3.63, 3.8) is 0 Å². The summed E-state index contributed by atoms with van der Waals surface area (Å²) in [5.74, 6) is -6.46. The maximum atomic E-state index is 14.9. The van der Waals surface area contributed by atoms with Gasteiger partial charge in [0.05, 0.1) is 40.5 Å². The van der Waals surface area contributed by atoms with Gasteiger partial charge in [0.15, 0.2) is 0 Å². The first-order valence-electron chi connectivity index (χ1n) is 8.93. The summed E-state index contributed by atoms with van der Waals surface area (Å²) in [4.78, 5) is 24.6. The van der Waals surface area contributed by atoms with Crippen molar-refractivity contribution in [2.75, 3.05) is 31.8 Å². The number of methoxy groups -OCH3 is 1. The zero-order chi connectivity index (χ0) is 24.2. The lowest BCUT2D eigenvalue weighted by Gasteiger charge is -2.32. The number of allylic oxidation sites excluding steroid dienone is 1. The minimum absolute atomic E-state index is 0.128. The molecule has 1 aromatic carbocycles. The van der Waals surface area contributed by atoms with Gasteiger partial charge in [0.25, 0.3) is 0 Å². The molecule has 13 heteroatoms. The Morgan fingerprint density at radius 1 is 1.28 bits per heavy atom. The van der Waals surface area contributed by atoms with E-state index in [1.165, 1.54) is 0 Å². The SMILES string of the molecule is COC(=O)C1=C(CF)NC(CSCCN)=C(C(=O)O)C1c1c(F)ccc(Cl)c1C(F)(F)F. The predicted octanol–water partition coefficient (Wildman–Crippen LogP) is 3.61. The van der Waals surface area contributed by atoms with Gasteiger partial charge in [-0.1, -0.05) is 11.6 Å². The van der Waals surface area contributed by atoms with E-state index in [-0.39, 0.29) is 18.0 Å². The van der Waals surface area contributed by atoms with Crippen LogP contribution in [0.5, 0.6) is 0 Å². The molecule has 1 aromatic rings. The number of aliphatic carboxylic acids is 1. The summed E-state index contributed by atoms with van der Waals surface area (Å²) in [5, 5.41) is 11.4. The van der Waals surface area contributed by atoms with E-state index in [2.05, 4.69) is 10.1 Å². The molecule has 1 atom stereocenters. The molecule has 0 radical (unpaired) electrons. The molecule has 0 fully saturated rings. The lowest BCUT2D eigenvalue weighted by atomic mass is 9.78. The zero-order valence-electron chi connectivity index (χ0n) is 16.5.